The topological polar surface area (TPSA) is 63.2 Å². The minimum atomic E-state index is -6.41. The molecule has 2 aromatic carbocycles. The van der Waals surface area contributed by atoms with E-state index in [2.05, 4.69) is 5.32 Å². The highest BCUT2D eigenvalue weighted by molar-refractivity contribution is 7.90. The summed E-state index contributed by atoms with van der Waals surface area (Å²) in [6.45, 7) is 0. The van der Waals surface area contributed by atoms with Crippen LogP contribution in [0.2, 0.25) is 0 Å². The number of nitrogens with one attached hydrogen (secondary N) is 1. The lowest BCUT2D eigenvalue weighted by Gasteiger charge is -2.30. The van der Waals surface area contributed by atoms with Crippen LogP contribution in [0.5, 0.6) is 0 Å². The number of carbonyl (C=O) groups excluding carboxylic acids is 1. The molecule has 0 aliphatic rings. The zero-order chi connectivity index (χ0) is 22.3. The van der Waals surface area contributed by atoms with E-state index in [-0.39, 0.29) is 17.7 Å². The van der Waals surface area contributed by atoms with E-state index < -0.39 is 49.9 Å². The molecule has 4 nitrogen and oxygen atoms in total. The predicted octanol–water partition coefficient (Wildman–Crippen LogP) is 4.63. The van der Waals surface area contributed by atoms with E-state index in [0.29, 0.717) is 12.3 Å². The zero-order valence-corrected chi connectivity index (χ0v) is 15.2. The Labute approximate surface area is 160 Å². The van der Waals surface area contributed by atoms with Crippen LogP contribution in [0.1, 0.15) is 15.9 Å². The maximum Gasteiger partial charge on any atom is 0.435 e. The van der Waals surface area contributed by atoms with Gasteiger partial charge in [0.25, 0.3) is 5.91 Å². The number of amides is 1. The maximum atomic E-state index is 14.2. The second kappa shape index (κ2) is 7.32. The minimum Gasteiger partial charge on any atom is -0.321 e. The molecule has 0 aliphatic carbocycles. The first-order valence-electron chi connectivity index (χ1n) is 7.62. The lowest BCUT2D eigenvalue weighted by atomic mass is 9.94. The lowest BCUT2D eigenvalue weighted by Crippen LogP contribution is -2.50. The Bertz CT molecular complexity index is 1000. The Morgan fingerprint density at radius 1 is 0.862 bits per heavy atom. The zero-order valence-electron chi connectivity index (χ0n) is 14.4. The summed E-state index contributed by atoms with van der Waals surface area (Å²) < 4.78 is 116. The molecule has 0 aromatic heterocycles. The van der Waals surface area contributed by atoms with E-state index >= 15 is 0 Å². The summed E-state index contributed by atoms with van der Waals surface area (Å²) in [7, 11) is -4.45. The molecule has 0 radical (unpaired) electrons. The number of halogens is 7. The lowest BCUT2D eigenvalue weighted by molar-refractivity contribution is -0.348. The van der Waals surface area contributed by atoms with Gasteiger partial charge in [0.2, 0.25) is 0 Å². The van der Waals surface area contributed by atoms with Gasteiger partial charge in [0, 0.05) is 17.4 Å². The molecule has 0 aliphatic heterocycles. The summed E-state index contributed by atoms with van der Waals surface area (Å²) in [5.74, 6) is -0.874. The van der Waals surface area contributed by atoms with Crippen molar-refractivity contribution in [1.29, 1.82) is 0 Å². The van der Waals surface area contributed by atoms with Crippen LogP contribution in [0.15, 0.2) is 53.4 Å². The van der Waals surface area contributed by atoms with Crippen LogP contribution in [0, 0.1) is 0 Å². The van der Waals surface area contributed by atoms with Crippen molar-refractivity contribution >= 4 is 21.4 Å². The van der Waals surface area contributed by atoms with Crippen LogP contribution in [0.3, 0.4) is 0 Å². The van der Waals surface area contributed by atoms with Crippen LogP contribution in [-0.4, -0.2) is 32.9 Å². The molecule has 1 amide bonds. The molecule has 158 valence electrons. The molecule has 2 rings (SSSR count). The van der Waals surface area contributed by atoms with Gasteiger partial charge in [-0.2, -0.15) is 26.3 Å². The molecule has 0 saturated carbocycles. The average Bonchev–Trinajstić information content (AvgIpc) is 2.59. The van der Waals surface area contributed by atoms with Gasteiger partial charge in [0.05, 0.1) is 10.6 Å². The number of anilines is 1. The molecule has 1 N–H and O–H groups in total. The van der Waals surface area contributed by atoms with Gasteiger partial charge in [0.1, 0.15) is 0 Å². The summed E-state index contributed by atoms with van der Waals surface area (Å²) in [5, 5.41) is 2.09. The number of hydrogen-bond acceptors (Lipinski definition) is 3. The highest BCUT2D eigenvalue weighted by atomic mass is 32.2. The van der Waals surface area contributed by atoms with Gasteiger partial charge in [-0.3, -0.25) is 4.79 Å². The fraction of sp³-hybridized carbons (Fsp3) is 0.235. The van der Waals surface area contributed by atoms with E-state index in [1.807, 2.05) is 0 Å². The van der Waals surface area contributed by atoms with Gasteiger partial charge in [-0.15, -0.1) is 0 Å². The van der Waals surface area contributed by atoms with Crippen molar-refractivity contribution in [2.24, 2.45) is 0 Å². The maximum absolute atomic E-state index is 14.2. The predicted molar refractivity (Wildman–Crippen MR) is 88.8 cm³/mol. The summed E-state index contributed by atoms with van der Waals surface area (Å²) >= 11 is 0. The Hall–Kier alpha value is -2.63. The fourth-order valence-electron chi connectivity index (χ4n) is 2.42. The summed E-state index contributed by atoms with van der Waals surface area (Å²) in [6.07, 6.45) is -12.3. The van der Waals surface area contributed by atoms with Crippen LogP contribution >= 0.6 is 0 Å². The summed E-state index contributed by atoms with van der Waals surface area (Å²) in [4.78, 5) is 11.1. The van der Waals surface area contributed by atoms with Crippen molar-refractivity contribution in [1.82, 2.24) is 0 Å². The number of sulfone groups is 1. The monoisotopic (exact) mass is 443 g/mol. The smallest absolute Gasteiger partial charge is 0.321 e. The van der Waals surface area contributed by atoms with Crippen molar-refractivity contribution in [3.05, 3.63) is 59.7 Å². The van der Waals surface area contributed by atoms with Gasteiger partial charge >= 0.3 is 18.0 Å². The van der Waals surface area contributed by atoms with E-state index in [4.69, 9.17) is 0 Å². The molecule has 0 unspecified atom stereocenters. The Morgan fingerprint density at radius 2 is 1.38 bits per heavy atom. The van der Waals surface area contributed by atoms with Crippen LogP contribution in [-0.2, 0) is 15.5 Å². The van der Waals surface area contributed by atoms with Crippen molar-refractivity contribution in [3.8, 4) is 0 Å². The summed E-state index contributed by atoms with van der Waals surface area (Å²) in [5.41, 5.74) is -8.34. The van der Waals surface area contributed by atoms with Crippen LogP contribution < -0.4 is 5.32 Å². The molecule has 0 atom stereocenters. The fourth-order valence-corrected chi connectivity index (χ4v) is 3.28. The molecule has 0 spiro atoms. The Kier molecular flexibility index (Phi) is 5.72. The van der Waals surface area contributed by atoms with Gasteiger partial charge in [0.15, 0.2) is 9.84 Å². The largest absolute Gasteiger partial charge is 0.435 e. The first kappa shape index (κ1) is 22.7. The molecule has 12 heteroatoms. The molecular formula is C17H12F7NO3S. The number of carbonyl (C=O) groups is 1. The molecule has 0 fully saturated rings. The number of alkyl halides is 7. The molecule has 29 heavy (non-hydrogen) atoms. The number of benzene rings is 2. The van der Waals surface area contributed by atoms with Crippen molar-refractivity contribution in [2.45, 2.75) is 22.9 Å². The molecular weight excluding hydrogens is 431 g/mol. The SMILES string of the molecule is CS(=O)(=O)c1cc(C(F)(C(F)(F)F)C(F)(F)F)ccc1NC(=O)c1ccccc1. The van der Waals surface area contributed by atoms with Gasteiger partial charge < -0.3 is 5.32 Å². The summed E-state index contributed by atoms with van der Waals surface area (Å²) in [6, 6.07) is 7.70. The second-order valence-corrected chi connectivity index (χ2v) is 7.94. The van der Waals surface area contributed by atoms with E-state index in [0.717, 1.165) is 0 Å². The average molecular weight is 443 g/mol. The van der Waals surface area contributed by atoms with Crippen LogP contribution in [0.25, 0.3) is 0 Å². The molecule has 0 bridgehead atoms. The van der Waals surface area contributed by atoms with Crippen molar-refractivity contribution < 1.29 is 43.9 Å². The van der Waals surface area contributed by atoms with E-state index in [1.54, 1.807) is 6.07 Å². The molecule has 2 aromatic rings. The highest BCUT2D eigenvalue weighted by Gasteiger charge is 2.73. The first-order valence-corrected chi connectivity index (χ1v) is 9.51. The van der Waals surface area contributed by atoms with Gasteiger partial charge in [-0.05, 0) is 24.3 Å². The number of rotatable bonds is 4. The van der Waals surface area contributed by atoms with Crippen molar-refractivity contribution in [3.63, 3.8) is 0 Å². The van der Waals surface area contributed by atoms with E-state index in [1.165, 1.54) is 24.3 Å². The van der Waals surface area contributed by atoms with E-state index in [9.17, 15) is 43.9 Å². The highest BCUT2D eigenvalue weighted by Crippen LogP contribution is 2.53. The third kappa shape index (κ3) is 4.36. The molecule has 0 heterocycles. The third-order valence-corrected chi connectivity index (χ3v) is 4.98. The van der Waals surface area contributed by atoms with Crippen LogP contribution in [0.4, 0.5) is 36.4 Å². The van der Waals surface area contributed by atoms with Crippen molar-refractivity contribution in [2.75, 3.05) is 11.6 Å². The van der Waals surface area contributed by atoms with Gasteiger partial charge in [-0.25, -0.2) is 12.8 Å². The Balaban J connectivity index is 2.63. The Morgan fingerprint density at radius 3 is 1.83 bits per heavy atom. The molecule has 0 saturated heterocycles. The minimum absolute atomic E-state index is 0.0430. The third-order valence-electron chi connectivity index (χ3n) is 3.84. The quantitative estimate of drug-likeness (QED) is 0.701. The standard InChI is InChI=1S/C17H12F7NO3S/c1-29(27,28)13-9-11(15(18,16(19,20)21)17(22,23)24)7-8-12(13)25-14(26)10-5-3-2-4-6-10/h2-9H,1H3,(H,25,26). The second-order valence-electron chi connectivity index (χ2n) is 5.96. The number of hydrogen-bond donors (Lipinski definition) is 1. The normalized spacial score (nSPS) is 13.2. The van der Waals surface area contributed by atoms with Gasteiger partial charge in [-0.1, -0.05) is 24.3 Å². The first-order chi connectivity index (χ1) is 13.1.